The van der Waals surface area contributed by atoms with Gasteiger partial charge in [0.1, 0.15) is 17.2 Å². The average Bonchev–Trinajstić information content (AvgIpc) is 3.33. The number of ether oxygens (including phenoxy) is 2. The van der Waals surface area contributed by atoms with Gasteiger partial charge < -0.3 is 19.4 Å². The number of aromatic amines is 1. The maximum absolute atomic E-state index is 14.5. The Hall–Kier alpha value is -3.40. The number of benzene rings is 1. The van der Waals surface area contributed by atoms with Crippen LogP contribution in [0.4, 0.5) is 9.18 Å². The molecule has 5 rings (SSSR count). The molecule has 0 unspecified atom stereocenters. The zero-order valence-electron chi connectivity index (χ0n) is 20.8. The van der Waals surface area contributed by atoms with Gasteiger partial charge >= 0.3 is 11.8 Å². The monoisotopic (exact) mass is 483 g/mol. The first-order chi connectivity index (χ1) is 16.4. The van der Waals surface area contributed by atoms with Crippen molar-refractivity contribution in [3.05, 3.63) is 63.2 Å². The van der Waals surface area contributed by atoms with Gasteiger partial charge in [-0.3, -0.25) is 4.57 Å². The van der Waals surface area contributed by atoms with E-state index in [-0.39, 0.29) is 11.5 Å². The third kappa shape index (κ3) is 3.67. The maximum atomic E-state index is 14.5. The normalized spacial score (nSPS) is 18.9. The number of H-pyrrole nitrogens is 1. The Bertz CT molecular complexity index is 1350. The average molecular weight is 484 g/mol. The maximum Gasteiger partial charge on any atom is 0.410 e. The summed E-state index contributed by atoms with van der Waals surface area (Å²) in [7, 11) is 0. The summed E-state index contributed by atoms with van der Waals surface area (Å²) in [5.74, 6) is 0.225. The standard InChI is InChI=1S/C25H30FN5O4/c1-14-9-17(10-15(2)19(14)26)31-21(29-8-7-27-22(29)32)18-16(3)30(23(33)35-24(4,5)6)11-25(12-34-13-25)20(18)28-31/h7-10,16H,11-13H2,1-6H3,(H,27,32)/t16-/m0/s1. The molecule has 1 amide bonds. The summed E-state index contributed by atoms with van der Waals surface area (Å²) in [6.45, 7) is 12.0. The minimum atomic E-state index is -0.659. The molecular weight excluding hydrogens is 453 g/mol. The number of fused-ring (bicyclic) bond motifs is 2. The van der Waals surface area contributed by atoms with Crippen molar-refractivity contribution < 1.29 is 18.7 Å². The Labute approximate surface area is 202 Å². The molecule has 2 aromatic heterocycles. The number of nitrogens with zero attached hydrogens (tertiary/aromatic N) is 4. The van der Waals surface area contributed by atoms with Crippen molar-refractivity contribution in [2.45, 2.75) is 58.6 Å². The van der Waals surface area contributed by atoms with Crippen LogP contribution in [0.5, 0.6) is 0 Å². The van der Waals surface area contributed by atoms with Crippen LogP contribution in [0, 0.1) is 19.7 Å². The number of amides is 1. The fraction of sp³-hybridized carbons (Fsp3) is 0.480. The second-order valence-corrected chi connectivity index (χ2v) is 10.6. The van der Waals surface area contributed by atoms with Gasteiger partial charge in [-0.1, -0.05) is 0 Å². The van der Waals surface area contributed by atoms with Crippen molar-refractivity contribution in [1.82, 2.24) is 24.2 Å². The van der Waals surface area contributed by atoms with Gasteiger partial charge in [-0.2, -0.15) is 5.10 Å². The number of aromatic nitrogens is 4. The first kappa shape index (κ1) is 23.3. The molecule has 2 aliphatic rings. The lowest BCUT2D eigenvalue weighted by Gasteiger charge is -2.49. The highest BCUT2D eigenvalue weighted by Gasteiger charge is 2.53. The van der Waals surface area contributed by atoms with Gasteiger partial charge in [-0.15, -0.1) is 0 Å². The predicted octanol–water partition coefficient (Wildman–Crippen LogP) is 3.69. The van der Waals surface area contributed by atoms with Gasteiger partial charge in [0.25, 0.3) is 0 Å². The van der Waals surface area contributed by atoms with E-state index in [2.05, 4.69) is 4.98 Å². The summed E-state index contributed by atoms with van der Waals surface area (Å²) in [4.78, 5) is 30.4. The Kier molecular flexibility index (Phi) is 5.21. The second-order valence-electron chi connectivity index (χ2n) is 10.6. The molecule has 9 nitrogen and oxygen atoms in total. The summed E-state index contributed by atoms with van der Waals surface area (Å²) < 4.78 is 28.9. The van der Waals surface area contributed by atoms with Crippen LogP contribution < -0.4 is 5.69 Å². The van der Waals surface area contributed by atoms with Gasteiger partial charge in [-0.05, 0) is 64.8 Å². The molecule has 0 radical (unpaired) electrons. The van der Waals surface area contributed by atoms with Crippen molar-refractivity contribution in [2.75, 3.05) is 19.8 Å². The Balaban J connectivity index is 1.76. The lowest BCUT2D eigenvalue weighted by atomic mass is 9.75. The predicted molar refractivity (Wildman–Crippen MR) is 127 cm³/mol. The van der Waals surface area contributed by atoms with Crippen molar-refractivity contribution in [2.24, 2.45) is 0 Å². The molecule has 0 aliphatic carbocycles. The van der Waals surface area contributed by atoms with Gasteiger partial charge in [0.2, 0.25) is 0 Å². The Morgan fingerprint density at radius 1 is 1.26 bits per heavy atom. The van der Waals surface area contributed by atoms with Gasteiger partial charge in [-0.25, -0.2) is 18.7 Å². The summed E-state index contributed by atoms with van der Waals surface area (Å²) in [5, 5.41) is 4.99. The fourth-order valence-corrected chi connectivity index (χ4v) is 4.96. The molecule has 1 aromatic carbocycles. The largest absolute Gasteiger partial charge is 0.444 e. The van der Waals surface area contributed by atoms with E-state index in [1.165, 1.54) is 4.57 Å². The lowest BCUT2D eigenvalue weighted by molar-refractivity contribution is -0.0895. The third-order valence-electron chi connectivity index (χ3n) is 6.69. The first-order valence-electron chi connectivity index (χ1n) is 11.7. The third-order valence-corrected chi connectivity index (χ3v) is 6.69. The zero-order chi connectivity index (χ0) is 25.3. The second kappa shape index (κ2) is 7.81. The zero-order valence-corrected chi connectivity index (χ0v) is 20.8. The number of halogens is 1. The molecule has 4 heterocycles. The molecule has 0 bridgehead atoms. The molecule has 2 aliphatic heterocycles. The van der Waals surface area contributed by atoms with E-state index < -0.39 is 23.2 Å². The van der Waals surface area contributed by atoms with E-state index in [0.717, 1.165) is 11.3 Å². The Morgan fingerprint density at radius 2 is 1.91 bits per heavy atom. The summed E-state index contributed by atoms with van der Waals surface area (Å²) in [5.41, 5.74) is 1.58. The van der Waals surface area contributed by atoms with Gasteiger partial charge in [0.05, 0.1) is 36.1 Å². The van der Waals surface area contributed by atoms with Crippen LogP contribution in [0.15, 0.2) is 29.3 Å². The minimum absolute atomic E-state index is 0.278. The van der Waals surface area contributed by atoms with Crippen molar-refractivity contribution in [3.63, 3.8) is 0 Å². The van der Waals surface area contributed by atoms with Crippen molar-refractivity contribution in [1.29, 1.82) is 0 Å². The molecule has 0 saturated carbocycles. The quantitative estimate of drug-likeness (QED) is 0.600. The molecule has 1 N–H and O–H groups in total. The van der Waals surface area contributed by atoms with E-state index in [4.69, 9.17) is 14.6 Å². The summed E-state index contributed by atoms with van der Waals surface area (Å²) in [6.07, 6.45) is 2.74. The van der Waals surface area contributed by atoms with Crippen LogP contribution >= 0.6 is 0 Å². The number of carbonyl (C=O) groups excluding carboxylic acids is 1. The van der Waals surface area contributed by atoms with Crippen molar-refractivity contribution >= 4 is 6.09 Å². The first-order valence-corrected chi connectivity index (χ1v) is 11.7. The van der Waals surface area contributed by atoms with Gasteiger partial charge in [0, 0.05) is 24.5 Å². The van der Waals surface area contributed by atoms with Crippen LogP contribution in [-0.2, 0) is 14.9 Å². The van der Waals surface area contributed by atoms with E-state index in [9.17, 15) is 14.0 Å². The van der Waals surface area contributed by atoms with Crippen molar-refractivity contribution in [3.8, 4) is 11.5 Å². The number of aryl methyl sites for hydroxylation is 2. The molecule has 1 spiro atoms. The van der Waals surface area contributed by atoms with E-state index in [0.29, 0.717) is 42.4 Å². The van der Waals surface area contributed by atoms with Gasteiger partial charge in [0.15, 0.2) is 0 Å². The number of nitrogens with one attached hydrogen (secondary N) is 1. The molecule has 1 saturated heterocycles. The van der Waals surface area contributed by atoms with Crippen LogP contribution in [0.3, 0.4) is 0 Å². The number of hydrogen-bond donors (Lipinski definition) is 1. The smallest absolute Gasteiger partial charge is 0.410 e. The molecule has 10 heteroatoms. The summed E-state index contributed by atoms with van der Waals surface area (Å²) >= 11 is 0. The Morgan fingerprint density at radius 3 is 2.43 bits per heavy atom. The van der Waals surface area contributed by atoms with Crippen LogP contribution in [0.1, 0.15) is 56.1 Å². The number of hydrogen-bond acceptors (Lipinski definition) is 5. The van der Waals surface area contributed by atoms with Crippen LogP contribution in [-0.4, -0.2) is 55.7 Å². The van der Waals surface area contributed by atoms with E-state index in [1.54, 1.807) is 48.0 Å². The topological polar surface area (TPSA) is 94.4 Å². The summed E-state index contributed by atoms with van der Waals surface area (Å²) in [6, 6.07) is 2.99. The molecule has 1 atom stereocenters. The minimum Gasteiger partial charge on any atom is -0.444 e. The highest BCUT2D eigenvalue weighted by atomic mass is 19.1. The number of carbonyl (C=O) groups is 1. The van der Waals surface area contributed by atoms with E-state index >= 15 is 0 Å². The number of imidazole rings is 1. The fourth-order valence-electron chi connectivity index (χ4n) is 4.96. The number of rotatable bonds is 2. The van der Waals surface area contributed by atoms with Crippen LogP contribution in [0.25, 0.3) is 11.5 Å². The molecule has 3 aromatic rings. The molecule has 1 fully saturated rings. The van der Waals surface area contributed by atoms with E-state index in [1.807, 2.05) is 27.7 Å². The highest BCUT2D eigenvalue weighted by molar-refractivity contribution is 5.71. The lowest BCUT2D eigenvalue weighted by Crippen LogP contribution is -2.60. The van der Waals surface area contributed by atoms with Crippen LogP contribution in [0.2, 0.25) is 0 Å². The molecule has 186 valence electrons. The molecular formula is C25H30FN5O4. The SMILES string of the molecule is Cc1cc(-n2nc3c(c2-n2cc[nH]c2=O)[C@H](C)N(C(=O)OC(C)(C)C)CC32COC2)cc(C)c1F. The highest BCUT2D eigenvalue weighted by Crippen LogP contribution is 2.46. The molecule has 35 heavy (non-hydrogen) atoms.